The Morgan fingerprint density at radius 3 is 2.59 bits per heavy atom. The Balaban J connectivity index is 2.33. The number of hydrogen-bond acceptors (Lipinski definition) is 4. The van der Waals surface area contributed by atoms with Gasteiger partial charge in [0.25, 0.3) is 0 Å². The monoisotopic (exact) mass is 502 g/mol. The minimum absolute atomic E-state index is 0.0592. The molecule has 2 aromatic heterocycles. The quantitative estimate of drug-likeness (QED) is 0.239. The number of nitrogens with zero attached hydrogens (tertiary/aromatic N) is 3. The highest BCUT2D eigenvalue weighted by Gasteiger charge is 2.41. The van der Waals surface area contributed by atoms with E-state index >= 15 is 0 Å². The molecule has 0 aliphatic heterocycles. The molecular weight excluding hydrogens is 491 g/mol. The number of benzene rings is 1. The molecule has 0 saturated heterocycles. The van der Waals surface area contributed by atoms with Crippen LogP contribution in [-0.4, -0.2) is 19.9 Å². The lowest BCUT2D eigenvalue weighted by Gasteiger charge is -2.12. The van der Waals surface area contributed by atoms with Crippen LogP contribution < -0.4 is 5.73 Å². The van der Waals surface area contributed by atoms with Crippen molar-refractivity contribution in [2.75, 3.05) is 0 Å². The summed E-state index contributed by atoms with van der Waals surface area (Å²) in [5.74, 6) is -1.24. The van der Waals surface area contributed by atoms with E-state index in [0.717, 1.165) is 17.8 Å². The number of aromatic nitrogens is 3. The van der Waals surface area contributed by atoms with E-state index in [4.69, 9.17) is 45.7 Å². The second kappa shape index (κ2) is 9.27. The van der Waals surface area contributed by atoms with Crippen LogP contribution in [0.4, 0.5) is 17.6 Å². The predicted molar refractivity (Wildman–Crippen MR) is 118 cm³/mol. The van der Waals surface area contributed by atoms with Crippen molar-refractivity contribution in [2.45, 2.75) is 6.18 Å². The predicted octanol–water partition coefficient (Wildman–Crippen LogP) is 6.43. The third-order valence-electron chi connectivity index (χ3n) is 4.18. The number of thiocarbonyl (C=S) groups is 1. The van der Waals surface area contributed by atoms with Gasteiger partial charge in [0.05, 0.1) is 33.6 Å². The van der Waals surface area contributed by atoms with Gasteiger partial charge < -0.3 is 10.3 Å². The summed E-state index contributed by atoms with van der Waals surface area (Å²) in [4.78, 5) is -0.379. The molecule has 2 heterocycles. The van der Waals surface area contributed by atoms with Crippen molar-refractivity contribution in [3.8, 4) is 22.6 Å². The van der Waals surface area contributed by atoms with E-state index in [1.807, 2.05) is 0 Å². The summed E-state index contributed by atoms with van der Waals surface area (Å²) >= 11 is 16.8. The molecular formula is C20H12Cl2F4N4OS. The first-order chi connectivity index (χ1) is 15.1. The maximum Gasteiger partial charge on any atom is 0.434 e. The Bertz CT molecular complexity index is 1240. The normalized spacial score (nSPS) is 12.5. The van der Waals surface area contributed by atoms with Gasteiger partial charge in [-0.3, -0.25) is 0 Å². The molecule has 12 heteroatoms. The van der Waals surface area contributed by atoms with Crippen molar-refractivity contribution in [2.24, 2.45) is 5.73 Å². The van der Waals surface area contributed by atoms with Gasteiger partial charge in [0, 0.05) is 5.54 Å². The van der Waals surface area contributed by atoms with Crippen molar-refractivity contribution in [3.63, 3.8) is 0 Å². The third kappa shape index (κ3) is 4.34. The molecule has 5 nitrogen and oxygen atoms in total. The van der Waals surface area contributed by atoms with E-state index in [-0.39, 0.29) is 32.5 Å². The smallest absolute Gasteiger partial charge is 0.389 e. The zero-order valence-electron chi connectivity index (χ0n) is 15.8. The molecule has 1 aromatic carbocycles. The molecule has 3 aromatic rings. The van der Waals surface area contributed by atoms with Crippen LogP contribution in [0.5, 0.6) is 0 Å². The summed E-state index contributed by atoms with van der Waals surface area (Å²) in [6.45, 7) is 3.46. The minimum Gasteiger partial charge on any atom is -0.389 e. The lowest BCUT2D eigenvalue weighted by atomic mass is 10.0. The molecule has 0 saturated carbocycles. The molecule has 0 radical (unpaired) electrons. The van der Waals surface area contributed by atoms with Gasteiger partial charge in [0.15, 0.2) is 11.5 Å². The number of halogens is 6. The molecule has 0 atom stereocenters. The Morgan fingerprint density at radius 2 is 2.03 bits per heavy atom. The number of alkyl halides is 3. The average Bonchev–Trinajstić information content (AvgIpc) is 3.33. The Kier molecular flexibility index (Phi) is 6.87. The van der Waals surface area contributed by atoms with Crippen LogP contribution in [0.15, 0.2) is 59.3 Å². The molecule has 32 heavy (non-hydrogen) atoms. The highest BCUT2D eigenvalue weighted by atomic mass is 35.5. The summed E-state index contributed by atoms with van der Waals surface area (Å²) in [7, 11) is 0. The summed E-state index contributed by atoms with van der Waals surface area (Å²) in [5, 5.41) is 7.44. The Labute approximate surface area is 194 Å². The van der Waals surface area contributed by atoms with E-state index in [1.54, 1.807) is 0 Å². The van der Waals surface area contributed by atoms with Crippen molar-refractivity contribution in [1.82, 2.24) is 14.9 Å². The van der Waals surface area contributed by atoms with Crippen LogP contribution in [0.2, 0.25) is 5.02 Å². The fraction of sp³-hybridized carbons (Fsp3) is 0.0500. The summed E-state index contributed by atoms with van der Waals surface area (Å²) in [6, 6.07) is 3.83. The second-order valence-corrected chi connectivity index (χ2v) is 7.21. The van der Waals surface area contributed by atoms with Gasteiger partial charge in [-0.1, -0.05) is 65.4 Å². The van der Waals surface area contributed by atoms with Crippen LogP contribution in [0.1, 0.15) is 11.3 Å². The topological polar surface area (TPSA) is 69.9 Å². The van der Waals surface area contributed by atoms with Crippen LogP contribution in [0, 0.1) is 5.82 Å². The highest BCUT2D eigenvalue weighted by molar-refractivity contribution is 7.80. The SMILES string of the molecule is C=C/C=C\C(=C\Cl)n1ncc(-c2onc(-c3c(F)cccc3Cl)c2C(N)=S)c1C(F)(F)F. The van der Waals surface area contributed by atoms with E-state index in [1.165, 1.54) is 30.4 Å². The van der Waals surface area contributed by atoms with Crippen molar-refractivity contribution in [3.05, 3.63) is 76.8 Å². The van der Waals surface area contributed by atoms with Gasteiger partial charge in [0.1, 0.15) is 16.5 Å². The maximum atomic E-state index is 14.4. The van der Waals surface area contributed by atoms with Gasteiger partial charge in [0.2, 0.25) is 0 Å². The molecule has 0 spiro atoms. The summed E-state index contributed by atoms with van der Waals surface area (Å²) in [6.07, 6.45) is -0.0205. The molecule has 2 N–H and O–H groups in total. The largest absolute Gasteiger partial charge is 0.434 e. The van der Waals surface area contributed by atoms with E-state index in [2.05, 4.69) is 16.8 Å². The molecule has 0 unspecified atom stereocenters. The molecule has 166 valence electrons. The van der Waals surface area contributed by atoms with Crippen LogP contribution in [-0.2, 0) is 6.18 Å². The third-order valence-corrected chi connectivity index (χ3v) is 4.92. The fourth-order valence-electron chi connectivity index (χ4n) is 2.90. The van der Waals surface area contributed by atoms with Crippen LogP contribution >= 0.6 is 35.4 Å². The van der Waals surface area contributed by atoms with Gasteiger partial charge in [-0.15, -0.1) is 0 Å². The van der Waals surface area contributed by atoms with Gasteiger partial charge in [-0.25, -0.2) is 9.07 Å². The number of allylic oxidation sites excluding steroid dienone is 4. The Hall–Kier alpha value is -2.95. The van der Waals surface area contributed by atoms with E-state index in [9.17, 15) is 17.6 Å². The number of hydrogen-bond donors (Lipinski definition) is 1. The first kappa shape index (κ1) is 23.7. The first-order valence-electron chi connectivity index (χ1n) is 8.61. The average molecular weight is 503 g/mol. The lowest BCUT2D eigenvalue weighted by molar-refractivity contribution is -0.142. The fourth-order valence-corrected chi connectivity index (χ4v) is 3.51. The molecule has 0 aliphatic rings. The molecule has 3 rings (SSSR count). The standard InChI is InChI=1S/C20H12Cl2F4N4OS/c1-2-3-5-10(8-21)30-18(20(24,25)26)11(9-28-30)17-15(19(27)32)16(29-31-17)14-12(22)6-4-7-13(14)23/h2-9H,1H2,(H2,27,32)/b5-3-,10-8-. The lowest BCUT2D eigenvalue weighted by Crippen LogP contribution is -2.16. The summed E-state index contributed by atoms with van der Waals surface area (Å²) < 4.78 is 62.3. The molecule has 0 fully saturated rings. The molecule has 0 amide bonds. The maximum absolute atomic E-state index is 14.4. The first-order valence-corrected chi connectivity index (χ1v) is 9.83. The van der Waals surface area contributed by atoms with Crippen molar-refractivity contribution < 1.29 is 22.1 Å². The number of rotatable bonds is 6. The minimum atomic E-state index is -4.91. The van der Waals surface area contributed by atoms with Crippen LogP contribution in [0.25, 0.3) is 28.3 Å². The van der Waals surface area contributed by atoms with Gasteiger partial charge in [-0.05, 0) is 18.2 Å². The highest BCUT2D eigenvalue weighted by Crippen LogP contribution is 2.42. The van der Waals surface area contributed by atoms with Gasteiger partial charge in [-0.2, -0.15) is 18.3 Å². The molecule has 0 bridgehead atoms. The van der Waals surface area contributed by atoms with Crippen LogP contribution in [0.3, 0.4) is 0 Å². The van der Waals surface area contributed by atoms with Crippen molar-refractivity contribution >= 4 is 46.1 Å². The van der Waals surface area contributed by atoms with Crippen molar-refractivity contribution in [1.29, 1.82) is 0 Å². The van der Waals surface area contributed by atoms with E-state index in [0.29, 0.717) is 4.68 Å². The zero-order valence-corrected chi connectivity index (χ0v) is 18.2. The number of nitrogens with two attached hydrogens (primary N) is 1. The van der Waals surface area contributed by atoms with E-state index < -0.39 is 29.0 Å². The summed E-state index contributed by atoms with van der Waals surface area (Å²) in [5.41, 5.74) is 4.09. The Morgan fingerprint density at radius 1 is 1.31 bits per heavy atom. The molecule has 0 aliphatic carbocycles. The second-order valence-electron chi connectivity index (χ2n) is 6.14. The zero-order chi connectivity index (χ0) is 23.6. The van der Waals surface area contributed by atoms with Gasteiger partial charge >= 0.3 is 6.18 Å².